The molecule has 9 heteroatoms. The SMILES string of the molecule is C=C1C([N+](=O)[O-])=CS(=O)(=O)C1=[N+]([O-])[O-]. The first-order chi connectivity index (χ1) is 6.27. The quantitative estimate of drug-likeness (QED) is 0.332. The van der Waals surface area contributed by atoms with E-state index in [2.05, 4.69) is 6.58 Å². The van der Waals surface area contributed by atoms with E-state index in [0.717, 1.165) is 0 Å². The van der Waals surface area contributed by atoms with Gasteiger partial charge >= 0.3 is 5.04 Å². The van der Waals surface area contributed by atoms with Crippen LogP contribution in [0.25, 0.3) is 0 Å². The lowest BCUT2D eigenvalue weighted by molar-refractivity contribution is -0.420. The third kappa shape index (κ3) is 1.33. The minimum atomic E-state index is -4.32. The molecule has 0 aromatic rings. The Balaban J connectivity index is 3.48. The van der Waals surface area contributed by atoms with E-state index >= 15 is 0 Å². The van der Waals surface area contributed by atoms with Crippen molar-refractivity contribution in [2.24, 2.45) is 0 Å². The largest absolute Gasteiger partial charge is 0.611 e. The molecule has 76 valence electrons. The van der Waals surface area contributed by atoms with Crippen LogP contribution in [0.3, 0.4) is 0 Å². The molecule has 8 nitrogen and oxygen atoms in total. The summed E-state index contributed by atoms with van der Waals surface area (Å²) in [6, 6.07) is 0. The number of sulfone groups is 1. The fourth-order valence-electron chi connectivity index (χ4n) is 0.922. The first-order valence-electron chi connectivity index (χ1n) is 3.09. The summed E-state index contributed by atoms with van der Waals surface area (Å²) < 4.78 is 22.0. The van der Waals surface area contributed by atoms with Crippen molar-refractivity contribution in [1.29, 1.82) is 0 Å². The van der Waals surface area contributed by atoms with Crippen molar-refractivity contribution in [3.63, 3.8) is 0 Å². The van der Waals surface area contributed by atoms with Gasteiger partial charge in [-0.15, -0.1) is 0 Å². The minimum absolute atomic E-state index is 0.230. The molecule has 0 saturated carbocycles. The second-order valence-corrected chi connectivity index (χ2v) is 4.06. The van der Waals surface area contributed by atoms with E-state index in [1.165, 1.54) is 0 Å². The van der Waals surface area contributed by atoms with Crippen LogP contribution < -0.4 is 0 Å². The summed E-state index contributed by atoms with van der Waals surface area (Å²) in [5.41, 5.74) is -1.56. The Morgan fingerprint density at radius 2 is 1.79 bits per heavy atom. The van der Waals surface area contributed by atoms with E-state index in [0.29, 0.717) is 0 Å². The van der Waals surface area contributed by atoms with Crippen molar-refractivity contribution in [3.8, 4) is 0 Å². The van der Waals surface area contributed by atoms with E-state index in [1.54, 1.807) is 0 Å². The molecule has 0 N–H and O–H groups in total. The van der Waals surface area contributed by atoms with Gasteiger partial charge in [0.2, 0.25) is 0 Å². The second kappa shape index (κ2) is 2.80. The second-order valence-electron chi connectivity index (χ2n) is 2.35. The highest BCUT2D eigenvalue weighted by Gasteiger charge is 2.43. The van der Waals surface area contributed by atoms with Crippen LogP contribution in [-0.2, 0) is 9.84 Å². The smallest absolute Gasteiger partial charge is 0.332 e. The van der Waals surface area contributed by atoms with Gasteiger partial charge < -0.3 is 10.4 Å². The monoisotopic (exact) mass is 219 g/mol. The summed E-state index contributed by atoms with van der Waals surface area (Å²) >= 11 is 0. The number of nitro groups is 1. The van der Waals surface area contributed by atoms with Gasteiger partial charge in [-0.1, -0.05) is 6.58 Å². The number of allylic oxidation sites excluding steroid dienone is 1. The molecule has 1 heterocycles. The number of nitrogens with zero attached hydrogens (tertiary/aromatic N) is 2. The van der Waals surface area contributed by atoms with E-state index in [9.17, 15) is 28.9 Å². The van der Waals surface area contributed by atoms with Crippen molar-refractivity contribution in [2.75, 3.05) is 0 Å². The predicted octanol–water partition coefficient (Wildman–Crippen LogP) is -0.504. The average molecular weight is 219 g/mol. The summed E-state index contributed by atoms with van der Waals surface area (Å²) in [5, 5.41) is 29.8. The topological polar surface area (TPSA) is 126 Å². The Kier molecular flexibility index (Phi) is 2.04. The summed E-state index contributed by atoms with van der Waals surface area (Å²) in [6.07, 6.45) is 0. The van der Waals surface area contributed by atoms with Crippen LogP contribution in [0.15, 0.2) is 23.3 Å². The summed E-state index contributed by atoms with van der Waals surface area (Å²) in [6.45, 7) is 2.99. The molecule has 0 aromatic heterocycles. The van der Waals surface area contributed by atoms with Gasteiger partial charge in [0.05, 0.1) is 4.92 Å². The zero-order valence-electron chi connectivity index (χ0n) is 6.54. The molecule has 0 radical (unpaired) electrons. The average Bonchev–Trinajstić information content (AvgIpc) is 2.20. The molecule has 0 bridgehead atoms. The maximum Gasteiger partial charge on any atom is 0.332 e. The van der Waals surface area contributed by atoms with Crippen molar-refractivity contribution in [1.82, 2.24) is 0 Å². The molecule has 1 rings (SSSR count). The molecular weight excluding hydrogens is 216 g/mol. The Morgan fingerprint density at radius 3 is 2.00 bits per heavy atom. The number of hydrogen-bond donors (Lipinski definition) is 0. The molecule has 0 unspecified atom stereocenters. The fourth-order valence-corrected chi connectivity index (χ4v) is 2.21. The first-order valence-corrected chi connectivity index (χ1v) is 4.64. The van der Waals surface area contributed by atoms with Gasteiger partial charge in [0, 0.05) is 0 Å². The molecule has 0 saturated heterocycles. The summed E-state index contributed by atoms with van der Waals surface area (Å²) in [4.78, 5) is 8.01. The Hall–Kier alpha value is -1.90. The van der Waals surface area contributed by atoms with Gasteiger partial charge in [-0.25, -0.2) is 8.42 Å². The van der Waals surface area contributed by atoms with Crippen molar-refractivity contribution in [3.05, 3.63) is 43.8 Å². The van der Waals surface area contributed by atoms with E-state index in [-0.39, 0.29) is 5.41 Å². The molecule has 0 spiro atoms. The fraction of sp³-hybridized carbons (Fsp3) is 0. The van der Waals surface area contributed by atoms with Crippen LogP contribution in [0.1, 0.15) is 0 Å². The first kappa shape index (κ1) is 10.2. The third-order valence-corrected chi connectivity index (χ3v) is 2.93. The highest BCUT2D eigenvalue weighted by atomic mass is 32.2. The molecule has 0 aromatic carbocycles. The standard InChI is InChI=1S/C5H3N2O6S/c1-3-4(6(8)9)2-14(12,13)5(3)7(10)11/h2H,1H2/q-1. The van der Waals surface area contributed by atoms with Crippen molar-refractivity contribution in [2.45, 2.75) is 0 Å². The van der Waals surface area contributed by atoms with Crippen LogP contribution in [0.4, 0.5) is 0 Å². The van der Waals surface area contributed by atoms with Crippen LogP contribution in [-0.4, -0.2) is 23.3 Å². The minimum Gasteiger partial charge on any atom is -0.611 e. The van der Waals surface area contributed by atoms with Gasteiger partial charge in [-0.2, -0.15) is 4.90 Å². The highest BCUT2D eigenvalue weighted by Crippen LogP contribution is 2.24. The van der Waals surface area contributed by atoms with Crippen LogP contribution >= 0.6 is 0 Å². The van der Waals surface area contributed by atoms with Gasteiger partial charge in [0.15, 0.2) is 0 Å². The summed E-state index contributed by atoms with van der Waals surface area (Å²) in [5.74, 6) is 0. The molecule has 0 atom stereocenters. The van der Waals surface area contributed by atoms with E-state index in [4.69, 9.17) is 0 Å². The van der Waals surface area contributed by atoms with Gasteiger partial charge in [0.25, 0.3) is 15.5 Å². The maximum absolute atomic E-state index is 11.0. The molecule has 0 fully saturated rings. The normalized spacial score (nSPS) is 19.3. The van der Waals surface area contributed by atoms with Gasteiger partial charge in [-0.3, -0.25) is 10.1 Å². The Labute approximate surface area is 77.7 Å². The molecule has 0 amide bonds. The van der Waals surface area contributed by atoms with Crippen LogP contribution in [0.5, 0.6) is 0 Å². The van der Waals surface area contributed by atoms with Gasteiger partial charge in [0.1, 0.15) is 11.0 Å². The molecule has 0 aliphatic carbocycles. The zero-order chi connectivity index (χ0) is 11.1. The third-order valence-electron chi connectivity index (χ3n) is 1.47. The molecule has 1 aliphatic rings. The Morgan fingerprint density at radius 1 is 1.29 bits per heavy atom. The van der Waals surface area contributed by atoms with E-state index < -0.39 is 36.0 Å². The van der Waals surface area contributed by atoms with Crippen molar-refractivity contribution >= 4 is 14.9 Å². The molecule has 14 heavy (non-hydrogen) atoms. The Bertz CT molecular complexity index is 480. The van der Waals surface area contributed by atoms with Gasteiger partial charge in [-0.05, 0) is 0 Å². The lowest BCUT2D eigenvalue weighted by Crippen LogP contribution is -2.18. The predicted molar refractivity (Wildman–Crippen MR) is 45.1 cm³/mol. The molecule has 1 aliphatic heterocycles. The molecular formula is C5H3N2O6S-. The zero-order valence-corrected chi connectivity index (χ0v) is 7.35. The maximum atomic E-state index is 11.0. The van der Waals surface area contributed by atoms with Crippen molar-refractivity contribution < 1.29 is 18.2 Å². The highest BCUT2D eigenvalue weighted by molar-refractivity contribution is 8.09. The lowest BCUT2D eigenvalue weighted by Gasteiger charge is -2.05. The summed E-state index contributed by atoms with van der Waals surface area (Å²) in [7, 11) is -4.32. The lowest BCUT2D eigenvalue weighted by atomic mass is 10.3. The van der Waals surface area contributed by atoms with Crippen LogP contribution in [0.2, 0.25) is 0 Å². The van der Waals surface area contributed by atoms with E-state index in [1.807, 2.05) is 0 Å². The van der Waals surface area contributed by atoms with Crippen LogP contribution in [0, 0.1) is 20.5 Å². The number of rotatable bonds is 1. The number of hydrogen-bond acceptors (Lipinski definition) is 6.